The summed E-state index contributed by atoms with van der Waals surface area (Å²) in [6, 6.07) is 7.96. The number of rotatable bonds is 7. The predicted molar refractivity (Wildman–Crippen MR) is 89.6 cm³/mol. The molecule has 0 aliphatic rings. The first-order chi connectivity index (χ1) is 10.2. The first-order valence-electron chi connectivity index (χ1n) is 7.69. The van der Waals surface area contributed by atoms with Gasteiger partial charge in [-0.25, -0.2) is 4.79 Å². The Balaban J connectivity index is 2.67. The zero-order valence-electron chi connectivity index (χ0n) is 14.4. The number of aliphatic hydroxyl groups is 1. The summed E-state index contributed by atoms with van der Waals surface area (Å²) in [5, 5.41) is 12.8. The lowest BCUT2D eigenvalue weighted by atomic mass is 10.1. The molecule has 5 heteroatoms. The maximum Gasteiger partial charge on any atom is 0.317 e. The maximum absolute atomic E-state index is 12.3. The number of benzene rings is 1. The van der Waals surface area contributed by atoms with Crippen LogP contribution in [0.25, 0.3) is 0 Å². The van der Waals surface area contributed by atoms with Crippen LogP contribution in [0.15, 0.2) is 24.3 Å². The number of urea groups is 1. The number of carbonyl (C=O) groups excluding carboxylic acids is 1. The summed E-state index contributed by atoms with van der Waals surface area (Å²) in [7, 11) is 4.05. The van der Waals surface area contributed by atoms with Gasteiger partial charge in [-0.2, -0.15) is 0 Å². The third-order valence-corrected chi connectivity index (χ3v) is 3.28. The fourth-order valence-corrected chi connectivity index (χ4v) is 2.30. The Kier molecular flexibility index (Phi) is 6.84. The minimum Gasteiger partial charge on any atom is -0.389 e. The summed E-state index contributed by atoms with van der Waals surface area (Å²) < 4.78 is 0. The second-order valence-electron chi connectivity index (χ2n) is 6.49. The average Bonchev–Trinajstić information content (AvgIpc) is 2.42. The number of carbonyl (C=O) groups is 1. The van der Waals surface area contributed by atoms with E-state index in [9.17, 15) is 9.90 Å². The number of hydrogen-bond donors (Lipinski definition) is 2. The van der Waals surface area contributed by atoms with E-state index in [2.05, 4.69) is 16.3 Å². The Morgan fingerprint density at radius 3 is 2.32 bits per heavy atom. The number of nitrogens with one attached hydrogen (secondary N) is 1. The second-order valence-corrected chi connectivity index (χ2v) is 6.49. The van der Waals surface area contributed by atoms with E-state index in [0.717, 1.165) is 12.1 Å². The summed E-state index contributed by atoms with van der Waals surface area (Å²) in [4.78, 5) is 16.0. The van der Waals surface area contributed by atoms with Gasteiger partial charge in [-0.05, 0) is 46.0 Å². The van der Waals surface area contributed by atoms with Crippen molar-refractivity contribution in [3.63, 3.8) is 0 Å². The molecule has 0 radical (unpaired) electrons. The van der Waals surface area contributed by atoms with Crippen LogP contribution in [0.4, 0.5) is 4.79 Å². The topological polar surface area (TPSA) is 55.8 Å². The predicted octanol–water partition coefficient (Wildman–Crippen LogP) is 2.05. The molecule has 5 nitrogen and oxygen atoms in total. The van der Waals surface area contributed by atoms with Crippen molar-refractivity contribution in [3.8, 4) is 0 Å². The van der Waals surface area contributed by atoms with Crippen molar-refractivity contribution in [3.05, 3.63) is 35.4 Å². The zero-order valence-corrected chi connectivity index (χ0v) is 14.4. The highest BCUT2D eigenvalue weighted by atomic mass is 16.3. The molecule has 0 unspecified atom stereocenters. The second kappa shape index (κ2) is 8.15. The summed E-state index contributed by atoms with van der Waals surface area (Å²) in [6.07, 6.45) is 0. The van der Waals surface area contributed by atoms with Crippen molar-refractivity contribution in [2.75, 3.05) is 27.2 Å². The van der Waals surface area contributed by atoms with Crippen molar-refractivity contribution in [2.45, 2.75) is 39.5 Å². The van der Waals surface area contributed by atoms with E-state index in [1.807, 2.05) is 39.2 Å². The third kappa shape index (κ3) is 6.45. The fraction of sp³-hybridized carbons (Fsp3) is 0.588. The molecule has 0 fully saturated rings. The van der Waals surface area contributed by atoms with Gasteiger partial charge in [0.05, 0.1) is 12.1 Å². The highest BCUT2D eigenvalue weighted by molar-refractivity contribution is 5.74. The fourth-order valence-electron chi connectivity index (χ4n) is 2.30. The van der Waals surface area contributed by atoms with Gasteiger partial charge in [0.25, 0.3) is 0 Å². The van der Waals surface area contributed by atoms with Crippen LogP contribution in [0.3, 0.4) is 0 Å². The molecule has 1 aromatic carbocycles. The Morgan fingerprint density at radius 1 is 1.23 bits per heavy atom. The molecule has 0 heterocycles. The van der Waals surface area contributed by atoms with E-state index in [-0.39, 0.29) is 6.03 Å². The number of nitrogens with zero attached hydrogens (tertiary/aromatic N) is 2. The molecule has 0 atom stereocenters. The van der Waals surface area contributed by atoms with E-state index in [1.54, 1.807) is 18.7 Å². The smallest absolute Gasteiger partial charge is 0.317 e. The van der Waals surface area contributed by atoms with Crippen molar-refractivity contribution < 1.29 is 9.90 Å². The van der Waals surface area contributed by atoms with Crippen LogP contribution in [0.1, 0.15) is 31.9 Å². The molecule has 0 bridgehead atoms. The lowest BCUT2D eigenvalue weighted by molar-refractivity contribution is 0.0480. The molecule has 1 aromatic rings. The van der Waals surface area contributed by atoms with E-state index in [1.165, 1.54) is 5.56 Å². The molecule has 0 saturated heterocycles. The molecule has 0 spiro atoms. The van der Waals surface area contributed by atoms with Gasteiger partial charge in [0.2, 0.25) is 0 Å². The van der Waals surface area contributed by atoms with E-state index >= 15 is 0 Å². The molecule has 2 amide bonds. The third-order valence-electron chi connectivity index (χ3n) is 3.28. The molecular formula is C17H29N3O2. The van der Waals surface area contributed by atoms with Gasteiger partial charge in [-0.3, -0.25) is 0 Å². The SMILES string of the molecule is CCN(CC(C)(C)O)C(=O)NCc1ccccc1CN(C)C. The first-order valence-corrected chi connectivity index (χ1v) is 7.69. The highest BCUT2D eigenvalue weighted by Crippen LogP contribution is 2.11. The van der Waals surface area contributed by atoms with Crippen LogP contribution in [0.2, 0.25) is 0 Å². The Bertz CT molecular complexity index is 481. The number of hydrogen-bond acceptors (Lipinski definition) is 3. The number of amides is 2. The van der Waals surface area contributed by atoms with Crippen molar-refractivity contribution in [2.24, 2.45) is 0 Å². The van der Waals surface area contributed by atoms with Crippen LogP contribution >= 0.6 is 0 Å². The van der Waals surface area contributed by atoms with Gasteiger partial charge in [-0.15, -0.1) is 0 Å². The molecule has 1 rings (SSSR count). The molecule has 0 aromatic heterocycles. The molecule has 124 valence electrons. The van der Waals surface area contributed by atoms with E-state index in [0.29, 0.717) is 19.6 Å². The van der Waals surface area contributed by atoms with Gasteiger partial charge in [0.15, 0.2) is 0 Å². The zero-order chi connectivity index (χ0) is 16.8. The average molecular weight is 307 g/mol. The lowest BCUT2D eigenvalue weighted by Gasteiger charge is -2.28. The van der Waals surface area contributed by atoms with Gasteiger partial charge < -0.3 is 20.2 Å². The monoisotopic (exact) mass is 307 g/mol. The van der Waals surface area contributed by atoms with E-state index in [4.69, 9.17) is 0 Å². The van der Waals surface area contributed by atoms with Gasteiger partial charge in [-0.1, -0.05) is 24.3 Å². The highest BCUT2D eigenvalue weighted by Gasteiger charge is 2.21. The largest absolute Gasteiger partial charge is 0.389 e. The minimum atomic E-state index is -0.893. The molecule has 0 saturated carbocycles. The molecule has 2 N–H and O–H groups in total. The summed E-state index contributed by atoms with van der Waals surface area (Å²) in [6.45, 7) is 7.53. The molecular weight excluding hydrogens is 278 g/mol. The van der Waals surface area contributed by atoms with Crippen LogP contribution in [0.5, 0.6) is 0 Å². The van der Waals surface area contributed by atoms with Crippen LogP contribution in [-0.4, -0.2) is 53.7 Å². The van der Waals surface area contributed by atoms with Crippen molar-refractivity contribution in [1.82, 2.24) is 15.1 Å². The molecule has 22 heavy (non-hydrogen) atoms. The van der Waals surface area contributed by atoms with Crippen LogP contribution < -0.4 is 5.32 Å². The maximum atomic E-state index is 12.3. The Morgan fingerprint density at radius 2 is 1.82 bits per heavy atom. The van der Waals surface area contributed by atoms with Crippen molar-refractivity contribution in [1.29, 1.82) is 0 Å². The van der Waals surface area contributed by atoms with Crippen molar-refractivity contribution >= 4 is 6.03 Å². The summed E-state index contributed by atoms with van der Waals surface area (Å²) in [5.41, 5.74) is 1.43. The molecule has 0 aliphatic carbocycles. The van der Waals surface area contributed by atoms with Crippen LogP contribution in [0, 0.1) is 0 Å². The normalized spacial score (nSPS) is 11.6. The minimum absolute atomic E-state index is 0.149. The Hall–Kier alpha value is -1.59. The summed E-state index contributed by atoms with van der Waals surface area (Å²) >= 11 is 0. The van der Waals surface area contributed by atoms with Gasteiger partial charge in [0.1, 0.15) is 0 Å². The molecule has 0 aliphatic heterocycles. The van der Waals surface area contributed by atoms with Crippen LogP contribution in [-0.2, 0) is 13.1 Å². The van der Waals surface area contributed by atoms with Gasteiger partial charge >= 0.3 is 6.03 Å². The standard InChI is InChI=1S/C17H29N3O2/c1-6-20(13-17(2,3)22)16(21)18-11-14-9-7-8-10-15(14)12-19(4)5/h7-10,22H,6,11-13H2,1-5H3,(H,18,21). The van der Waals surface area contributed by atoms with E-state index < -0.39 is 5.60 Å². The quantitative estimate of drug-likeness (QED) is 0.810. The Labute approximate surface area is 133 Å². The van der Waals surface area contributed by atoms with Gasteiger partial charge in [0, 0.05) is 19.6 Å². The summed E-state index contributed by atoms with van der Waals surface area (Å²) in [5.74, 6) is 0. The number of likely N-dealkylation sites (N-methyl/N-ethyl adjacent to an activating group) is 1. The first kappa shape index (κ1) is 18.5. The lowest BCUT2D eigenvalue weighted by Crippen LogP contribution is -2.46.